The van der Waals surface area contributed by atoms with Crippen molar-refractivity contribution in [1.29, 1.82) is 0 Å². The molecule has 0 aromatic heterocycles. The molecular formula is C16H21BrF2O. The van der Waals surface area contributed by atoms with Gasteiger partial charge in [-0.25, -0.2) is 8.78 Å². The van der Waals surface area contributed by atoms with Crippen molar-refractivity contribution in [3.05, 3.63) is 33.8 Å². The topological polar surface area (TPSA) is 20.2 Å². The molecule has 1 aromatic carbocycles. The van der Waals surface area contributed by atoms with E-state index in [1.165, 1.54) is 12.1 Å². The highest BCUT2D eigenvalue weighted by molar-refractivity contribution is 9.10. The van der Waals surface area contributed by atoms with Gasteiger partial charge in [0.15, 0.2) is 0 Å². The summed E-state index contributed by atoms with van der Waals surface area (Å²) in [6.07, 6.45) is 3.28. The monoisotopic (exact) mass is 346 g/mol. The van der Waals surface area contributed by atoms with Gasteiger partial charge in [0.2, 0.25) is 0 Å². The SMILES string of the molecule is CC(C)C1CCCC(O)(Cc2c(F)ccc(Br)c2F)C1. The van der Waals surface area contributed by atoms with E-state index >= 15 is 0 Å². The Bertz CT molecular complexity index is 490. The van der Waals surface area contributed by atoms with Gasteiger partial charge in [0, 0.05) is 12.0 Å². The second-order valence-corrected chi connectivity index (χ2v) is 7.18. The Labute approximate surface area is 127 Å². The van der Waals surface area contributed by atoms with E-state index in [0.29, 0.717) is 24.7 Å². The third kappa shape index (κ3) is 3.40. The van der Waals surface area contributed by atoms with Gasteiger partial charge in [-0.15, -0.1) is 0 Å². The second kappa shape index (κ2) is 6.10. The van der Waals surface area contributed by atoms with Gasteiger partial charge in [0.1, 0.15) is 11.6 Å². The zero-order valence-corrected chi connectivity index (χ0v) is 13.5. The molecule has 0 amide bonds. The summed E-state index contributed by atoms with van der Waals surface area (Å²) in [6.45, 7) is 4.27. The van der Waals surface area contributed by atoms with E-state index < -0.39 is 17.2 Å². The number of aliphatic hydroxyl groups is 1. The van der Waals surface area contributed by atoms with Gasteiger partial charge in [-0.3, -0.25) is 0 Å². The van der Waals surface area contributed by atoms with Crippen LogP contribution in [-0.4, -0.2) is 10.7 Å². The van der Waals surface area contributed by atoms with Crippen molar-refractivity contribution in [2.45, 2.75) is 51.6 Å². The summed E-state index contributed by atoms with van der Waals surface area (Å²) in [5.41, 5.74) is -0.998. The van der Waals surface area contributed by atoms with Gasteiger partial charge in [0.05, 0.1) is 10.1 Å². The number of halogens is 3. The number of rotatable bonds is 3. The van der Waals surface area contributed by atoms with Crippen LogP contribution >= 0.6 is 15.9 Å². The van der Waals surface area contributed by atoms with Crippen LogP contribution in [0.2, 0.25) is 0 Å². The lowest BCUT2D eigenvalue weighted by Crippen LogP contribution is -2.39. The van der Waals surface area contributed by atoms with Crippen molar-refractivity contribution in [3.8, 4) is 0 Å². The van der Waals surface area contributed by atoms with Gasteiger partial charge in [-0.2, -0.15) is 0 Å². The zero-order valence-electron chi connectivity index (χ0n) is 11.9. The maximum atomic E-state index is 14.0. The van der Waals surface area contributed by atoms with Crippen LogP contribution < -0.4 is 0 Å². The molecule has 2 unspecified atom stereocenters. The fraction of sp³-hybridized carbons (Fsp3) is 0.625. The van der Waals surface area contributed by atoms with E-state index in [4.69, 9.17) is 0 Å². The molecule has 1 N–H and O–H groups in total. The molecule has 0 heterocycles. The maximum absolute atomic E-state index is 14.0. The Morgan fingerprint density at radius 2 is 2.10 bits per heavy atom. The molecule has 1 nitrogen and oxygen atoms in total. The molecule has 112 valence electrons. The van der Waals surface area contributed by atoms with E-state index in [2.05, 4.69) is 29.8 Å². The first-order valence-electron chi connectivity index (χ1n) is 7.17. The van der Waals surface area contributed by atoms with Crippen LogP contribution in [0.4, 0.5) is 8.78 Å². The van der Waals surface area contributed by atoms with E-state index in [0.717, 1.165) is 12.8 Å². The van der Waals surface area contributed by atoms with Crippen LogP contribution in [0.15, 0.2) is 16.6 Å². The van der Waals surface area contributed by atoms with Crippen LogP contribution in [0.1, 0.15) is 45.1 Å². The molecule has 2 atom stereocenters. The first-order valence-corrected chi connectivity index (χ1v) is 7.96. The van der Waals surface area contributed by atoms with Gasteiger partial charge in [-0.1, -0.05) is 20.3 Å². The summed E-state index contributed by atoms with van der Waals surface area (Å²) in [5.74, 6) is -0.262. The molecule has 0 aliphatic heterocycles. The second-order valence-electron chi connectivity index (χ2n) is 6.32. The van der Waals surface area contributed by atoms with Gasteiger partial charge < -0.3 is 5.11 Å². The van der Waals surface area contributed by atoms with E-state index in [1.807, 2.05) is 0 Å². The maximum Gasteiger partial charge on any atom is 0.143 e. The lowest BCUT2D eigenvalue weighted by Gasteiger charge is -2.38. The minimum absolute atomic E-state index is 0.00807. The van der Waals surface area contributed by atoms with Crippen LogP contribution in [0.3, 0.4) is 0 Å². The molecule has 1 saturated carbocycles. The molecule has 1 aromatic rings. The Hall–Kier alpha value is -0.480. The lowest BCUT2D eigenvalue weighted by molar-refractivity contribution is -0.0251. The van der Waals surface area contributed by atoms with E-state index in [1.54, 1.807) is 0 Å². The Morgan fingerprint density at radius 1 is 1.40 bits per heavy atom. The first kappa shape index (κ1) is 15.9. The molecule has 2 rings (SSSR count). The largest absolute Gasteiger partial charge is 0.390 e. The summed E-state index contributed by atoms with van der Waals surface area (Å²) < 4.78 is 28.1. The summed E-state index contributed by atoms with van der Waals surface area (Å²) >= 11 is 3.07. The van der Waals surface area contributed by atoms with Crippen molar-refractivity contribution < 1.29 is 13.9 Å². The van der Waals surface area contributed by atoms with E-state index in [9.17, 15) is 13.9 Å². The highest BCUT2D eigenvalue weighted by Crippen LogP contribution is 2.39. The van der Waals surface area contributed by atoms with Crippen molar-refractivity contribution in [2.24, 2.45) is 11.8 Å². The first-order chi connectivity index (χ1) is 9.32. The third-order valence-electron chi connectivity index (χ3n) is 4.45. The Balaban J connectivity index is 2.22. The van der Waals surface area contributed by atoms with Crippen molar-refractivity contribution in [2.75, 3.05) is 0 Å². The van der Waals surface area contributed by atoms with Gasteiger partial charge in [0.25, 0.3) is 0 Å². The smallest absolute Gasteiger partial charge is 0.143 e. The molecular weight excluding hydrogens is 326 g/mol. The molecule has 1 fully saturated rings. The van der Waals surface area contributed by atoms with E-state index in [-0.39, 0.29) is 16.5 Å². The fourth-order valence-electron chi connectivity index (χ4n) is 3.18. The van der Waals surface area contributed by atoms with Crippen LogP contribution in [-0.2, 0) is 6.42 Å². The number of hydrogen-bond acceptors (Lipinski definition) is 1. The molecule has 1 aliphatic rings. The average molecular weight is 347 g/mol. The highest BCUT2D eigenvalue weighted by atomic mass is 79.9. The predicted octanol–water partition coefficient (Wildman–Crippen LogP) is 4.85. The minimum Gasteiger partial charge on any atom is -0.390 e. The molecule has 4 heteroatoms. The summed E-state index contributed by atoms with van der Waals surface area (Å²) in [7, 11) is 0. The summed E-state index contributed by atoms with van der Waals surface area (Å²) in [4.78, 5) is 0. The predicted molar refractivity (Wildman–Crippen MR) is 79.5 cm³/mol. The minimum atomic E-state index is -0.990. The van der Waals surface area contributed by atoms with Crippen LogP contribution in [0.25, 0.3) is 0 Å². The molecule has 20 heavy (non-hydrogen) atoms. The van der Waals surface area contributed by atoms with Crippen LogP contribution in [0.5, 0.6) is 0 Å². The molecule has 0 saturated heterocycles. The van der Waals surface area contributed by atoms with Crippen molar-refractivity contribution in [1.82, 2.24) is 0 Å². The standard InChI is InChI=1S/C16H21BrF2O/c1-10(2)11-4-3-7-16(20,8-11)9-12-14(18)6-5-13(17)15(12)19/h5-6,10-11,20H,3-4,7-9H2,1-2H3. The summed E-state index contributed by atoms with van der Waals surface area (Å²) in [6, 6.07) is 2.60. The van der Waals surface area contributed by atoms with Crippen molar-refractivity contribution >= 4 is 15.9 Å². The Morgan fingerprint density at radius 3 is 2.75 bits per heavy atom. The number of benzene rings is 1. The number of hydrogen-bond donors (Lipinski definition) is 1. The highest BCUT2D eigenvalue weighted by Gasteiger charge is 2.37. The van der Waals surface area contributed by atoms with Crippen LogP contribution in [0, 0.1) is 23.5 Å². The molecule has 0 spiro atoms. The average Bonchev–Trinajstić information content (AvgIpc) is 2.39. The normalized spacial score (nSPS) is 27.1. The van der Waals surface area contributed by atoms with Gasteiger partial charge >= 0.3 is 0 Å². The molecule has 0 radical (unpaired) electrons. The fourth-order valence-corrected chi connectivity index (χ4v) is 3.55. The quantitative estimate of drug-likeness (QED) is 0.775. The lowest BCUT2D eigenvalue weighted by atomic mass is 9.71. The third-order valence-corrected chi connectivity index (χ3v) is 5.06. The Kier molecular flexibility index (Phi) is 4.85. The van der Waals surface area contributed by atoms with Gasteiger partial charge in [-0.05, 0) is 59.2 Å². The summed E-state index contributed by atoms with van der Waals surface area (Å²) in [5, 5.41) is 10.7. The molecule has 1 aliphatic carbocycles. The zero-order chi connectivity index (χ0) is 14.9. The van der Waals surface area contributed by atoms with Crippen molar-refractivity contribution in [3.63, 3.8) is 0 Å². The molecule has 0 bridgehead atoms.